The highest BCUT2D eigenvalue weighted by Crippen LogP contribution is 2.37. The van der Waals surface area contributed by atoms with Crippen molar-refractivity contribution < 1.29 is 14.1 Å². The lowest BCUT2D eigenvalue weighted by molar-refractivity contribution is 0.0961. The van der Waals surface area contributed by atoms with Crippen LogP contribution in [0.1, 0.15) is 39.2 Å². The number of halogens is 1. The molecule has 34 heavy (non-hydrogen) atoms. The van der Waals surface area contributed by atoms with Gasteiger partial charge in [-0.3, -0.25) is 9.69 Å². The van der Waals surface area contributed by atoms with Crippen molar-refractivity contribution >= 4 is 28.3 Å². The van der Waals surface area contributed by atoms with E-state index in [9.17, 15) is 4.79 Å². The third-order valence-corrected chi connectivity index (χ3v) is 6.48. The summed E-state index contributed by atoms with van der Waals surface area (Å²) < 4.78 is 11.2. The number of nitrogens with one attached hydrogen (secondary N) is 2. The second kappa shape index (κ2) is 9.58. The van der Waals surface area contributed by atoms with E-state index in [-0.39, 0.29) is 11.7 Å². The van der Waals surface area contributed by atoms with E-state index in [0.717, 1.165) is 48.3 Å². The first-order chi connectivity index (χ1) is 16.5. The van der Waals surface area contributed by atoms with Gasteiger partial charge in [0.15, 0.2) is 11.6 Å². The van der Waals surface area contributed by atoms with Crippen LogP contribution < -0.4 is 10.1 Å². The number of piperazine rings is 1. The molecule has 2 N–H and O–H groups in total. The third-order valence-electron chi connectivity index (χ3n) is 6.23. The molecule has 4 aromatic rings. The Morgan fingerprint density at radius 2 is 1.97 bits per heavy atom. The summed E-state index contributed by atoms with van der Waals surface area (Å²) in [4.78, 5) is 24.2. The fourth-order valence-electron chi connectivity index (χ4n) is 4.49. The predicted molar refractivity (Wildman–Crippen MR) is 130 cm³/mol. The highest BCUT2D eigenvalue weighted by molar-refractivity contribution is 6.30. The number of fused-ring (bicyclic) bond motifs is 1. The highest BCUT2D eigenvalue weighted by atomic mass is 35.5. The third kappa shape index (κ3) is 4.44. The lowest BCUT2D eigenvalue weighted by Crippen LogP contribution is -2.43. The normalized spacial score (nSPS) is 15.5. The van der Waals surface area contributed by atoms with Crippen LogP contribution in [-0.4, -0.2) is 59.1 Å². The molecular formula is C25H26ClN5O3. The van der Waals surface area contributed by atoms with Gasteiger partial charge in [0.25, 0.3) is 0 Å². The van der Waals surface area contributed by atoms with Crippen LogP contribution in [0.2, 0.25) is 5.02 Å². The van der Waals surface area contributed by atoms with Gasteiger partial charge in [-0.2, -0.15) is 4.98 Å². The van der Waals surface area contributed by atoms with E-state index in [0.29, 0.717) is 28.7 Å². The molecule has 1 saturated heterocycles. The number of nitrogens with zero attached hydrogens (tertiary/aromatic N) is 3. The molecule has 0 amide bonds. The second-order valence-electron chi connectivity index (χ2n) is 8.45. The van der Waals surface area contributed by atoms with E-state index in [1.54, 1.807) is 31.4 Å². The monoisotopic (exact) mass is 479 g/mol. The topological polar surface area (TPSA) is 96.3 Å². The van der Waals surface area contributed by atoms with Crippen molar-refractivity contribution in [3.63, 3.8) is 0 Å². The van der Waals surface area contributed by atoms with Gasteiger partial charge in [0.05, 0.1) is 13.7 Å². The first kappa shape index (κ1) is 22.6. The van der Waals surface area contributed by atoms with Crippen LogP contribution in [0.25, 0.3) is 10.9 Å². The van der Waals surface area contributed by atoms with Gasteiger partial charge in [0.1, 0.15) is 11.7 Å². The van der Waals surface area contributed by atoms with Gasteiger partial charge in [-0.15, -0.1) is 0 Å². The van der Waals surface area contributed by atoms with Crippen molar-refractivity contribution in [3.8, 4) is 5.75 Å². The Morgan fingerprint density at radius 3 is 2.71 bits per heavy atom. The van der Waals surface area contributed by atoms with E-state index < -0.39 is 5.92 Å². The number of carbonyl (C=O) groups excluding carboxylic acids is 1. The summed E-state index contributed by atoms with van der Waals surface area (Å²) in [6.07, 6.45) is 0. The van der Waals surface area contributed by atoms with Gasteiger partial charge >= 0.3 is 0 Å². The van der Waals surface area contributed by atoms with Crippen molar-refractivity contribution in [1.82, 2.24) is 25.3 Å². The maximum atomic E-state index is 13.9. The summed E-state index contributed by atoms with van der Waals surface area (Å²) in [6.45, 7) is 6.21. The largest absolute Gasteiger partial charge is 0.497 e. The SMILES string of the molecule is COc1ccc2[nH]c(C)c(C(C(=O)c3ccc(Cl)cc3)c3nc(CN4CCNCC4)no3)c2c1. The zero-order chi connectivity index (χ0) is 23.7. The number of carbonyl (C=O) groups is 1. The summed E-state index contributed by atoms with van der Waals surface area (Å²) in [5.74, 6) is 0.639. The van der Waals surface area contributed by atoms with Gasteiger partial charge in [-0.1, -0.05) is 16.8 Å². The summed E-state index contributed by atoms with van der Waals surface area (Å²) in [5.41, 5.74) is 3.08. The molecule has 1 aliphatic heterocycles. The maximum Gasteiger partial charge on any atom is 0.242 e. The first-order valence-electron chi connectivity index (χ1n) is 11.2. The Labute approximate surface area is 202 Å². The molecule has 0 saturated carbocycles. The summed E-state index contributed by atoms with van der Waals surface area (Å²) in [6, 6.07) is 12.6. The Morgan fingerprint density at radius 1 is 1.21 bits per heavy atom. The molecule has 176 valence electrons. The standard InChI is InChI=1S/C25H26ClN5O3/c1-15-22(19-13-18(33-2)7-8-20(19)28-15)23(24(32)16-3-5-17(26)6-4-16)25-29-21(30-34-25)14-31-11-9-27-10-12-31/h3-8,13,23,27-28H,9-12,14H2,1-2H3. The number of H-pyrrole nitrogens is 1. The molecule has 3 heterocycles. The minimum absolute atomic E-state index is 0.138. The molecule has 8 nitrogen and oxygen atoms in total. The summed E-state index contributed by atoms with van der Waals surface area (Å²) >= 11 is 6.06. The van der Waals surface area contributed by atoms with E-state index in [1.165, 1.54) is 0 Å². The fourth-order valence-corrected chi connectivity index (χ4v) is 4.62. The van der Waals surface area contributed by atoms with Gasteiger partial charge in [-0.05, 0) is 49.4 Å². The molecule has 0 aliphatic carbocycles. The number of aromatic amines is 1. The van der Waals surface area contributed by atoms with Crippen molar-refractivity contribution in [3.05, 3.63) is 76.0 Å². The maximum absolute atomic E-state index is 13.9. The average Bonchev–Trinajstić information content (AvgIpc) is 3.44. The van der Waals surface area contributed by atoms with Gasteiger partial charge in [0, 0.05) is 58.9 Å². The number of hydrogen-bond acceptors (Lipinski definition) is 7. The quantitative estimate of drug-likeness (QED) is 0.387. The number of ether oxygens (including phenoxy) is 1. The molecule has 1 fully saturated rings. The number of aryl methyl sites for hydroxylation is 1. The van der Waals surface area contributed by atoms with E-state index in [1.807, 2.05) is 25.1 Å². The van der Waals surface area contributed by atoms with Crippen LogP contribution in [0, 0.1) is 6.92 Å². The summed E-state index contributed by atoms with van der Waals surface area (Å²) in [5, 5.41) is 9.00. The Balaban J connectivity index is 1.59. The van der Waals surface area contributed by atoms with E-state index in [2.05, 4.69) is 25.3 Å². The zero-order valence-corrected chi connectivity index (χ0v) is 19.9. The van der Waals surface area contributed by atoms with Crippen molar-refractivity contribution in [2.24, 2.45) is 0 Å². The number of methoxy groups -OCH3 is 1. The number of benzene rings is 2. The summed E-state index contributed by atoms with van der Waals surface area (Å²) in [7, 11) is 1.62. The van der Waals surface area contributed by atoms with Crippen LogP contribution in [0.15, 0.2) is 47.0 Å². The van der Waals surface area contributed by atoms with Crippen LogP contribution in [0.3, 0.4) is 0 Å². The number of hydrogen-bond donors (Lipinski definition) is 2. The fraction of sp³-hybridized carbons (Fsp3) is 0.320. The van der Waals surface area contributed by atoms with Gasteiger partial charge < -0.3 is 19.6 Å². The van der Waals surface area contributed by atoms with Crippen molar-refractivity contribution in [2.75, 3.05) is 33.3 Å². The molecule has 1 atom stereocenters. The van der Waals surface area contributed by atoms with Crippen LogP contribution in [-0.2, 0) is 6.54 Å². The molecule has 5 rings (SSSR count). The van der Waals surface area contributed by atoms with E-state index in [4.69, 9.17) is 20.9 Å². The highest BCUT2D eigenvalue weighted by Gasteiger charge is 2.33. The molecule has 0 radical (unpaired) electrons. The van der Waals surface area contributed by atoms with Crippen LogP contribution in [0.5, 0.6) is 5.75 Å². The molecule has 1 unspecified atom stereocenters. The minimum atomic E-state index is -0.772. The minimum Gasteiger partial charge on any atom is -0.497 e. The molecule has 0 bridgehead atoms. The number of ketones is 1. The first-order valence-corrected chi connectivity index (χ1v) is 11.6. The predicted octanol–water partition coefficient (Wildman–Crippen LogP) is 3.94. The molecule has 2 aromatic carbocycles. The Bertz CT molecular complexity index is 1310. The molecule has 9 heteroatoms. The smallest absolute Gasteiger partial charge is 0.242 e. The number of rotatable bonds is 7. The molecular weight excluding hydrogens is 454 g/mol. The van der Waals surface area contributed by atoms with Gasteiger partial charge in [-0.25, -0.2) is 0 Å². The Hall–Kier alpha value is -3.20. The van der Waals surface area contributed by atoms with Crippen LogP contribution >= 0.6 is 11.6 Å². The molecule has 0 spiro atoms. The number of aromatic nitrogens is 3. The van der Waals surface area contributed by atoms with Crippen LogP contribution in [0.4, 0.5) is 0 Å². The molecule has 1 aliphatic rings. The van der Waals surface area contributed by atoms with E-state index >= 15 is 0 Å². The molecule has 2 aromatic heterocycles. The number of Topliss-reactive ketones (excluding diaryl/α,β-unsaturated/α-hetero) is 1. The van der Waals surface area contributed by atoms with Crippen molar-refractivity contribution in [1.29, 1.82) is 0 Å². The zero-order valence-electron chi connectivity index (χ0n) is 19.1. The lowest BCUT2D eigenvalue weighted by Gasteiger charge is -2.25. The average molecular weight is 480 g/mol. The van der Waals surface area contributed by atoms with Gasteiger partial charge in [0.2, 0.25) is 5.89 Å². The van der Waals surface area contributed by atoms with Crippen molar-refractivity contribution in [2.45, 2.75) is 19.4 Å². The second-order valence-corrected chi connectivity index (χ2v) is 8.89. The Kier molecular flexibility index (Phi) is 6.36. The lowest BCUT2D eigenvalue weighted by atomic mass is 9.88.